The molecule has 1 N–H and O–H groups in total. The maximum Gasteiger partial charge on any atom is 0.0589 e. The highest BCUT2D eigenvalue weighted by Crippen LogP contribution is 2.23. The van der Waals surface area contributed by atoms with Crippen LogP contribution in [0.15, 0.2) is 6.07 Å². The normalized spacial score (nSPS) is 11.5. The fourth-order valence-electron chi connectivity index (χ4n) is 2.24. The zero-order valence-electron chi connectivity index (χ0n) is 13.9. The molecule has 0 unspecified atom stereocenters. The number of hydrogen-bond acceptors (Lipinski definition) is 5. The van der Waals surface area contributed by atoms with Gasteiger partial charge in [0.2, 0.25) is 0 Å². The molecule has 0 bridgehead atoms. The van der Waals surface area contributed by atoms with Gasteiger partial charge in [0.1, 0.15) is 0 Å². The Bertz CT molecular complexity index is 382. The van der Waals surface area contributed by atoms with Crippen LogP contribution in [-0.4, -0.2) is 52.0 Å². The van der Waals surface area contributed by atoms with Crippen molar-refractivity contribution in [3.63, 3.8) is 0 Å². The van der Waals surface area contributed by atoms with Crippen molar-refractivity contribution < 1.29 is 9.47 Å². The van der Waals surface area contributed by atoms with Crippen LogP contribution in [0.3, 0.4) is 0 Å². The fourth-order valence-corrected chi connectivity index (χ4v) is 3.27. The summed E-state index contributed by atoms with van der Waals surface area (Å²) >= 11 is 1.90. The highest BCUT2D eigenvalue weighted by atomic mass is 32.1. The van der Waals surface area contributed by atoms with Crippen LogP contribution in [0.2, 0.25) is 0 Å². The Morgan fingerprint density at radius 1 is 1.19 bits per heavy atom. The summed E-state index contributed by atoms with van der Waals surface area (Å²) in [4.78, 5) is 5.30. The highest BCUT2D eigenvalue weighted by Gasteiger charge is 2.11. The Morgan fingerprint density at radius 3 is 2.62 bits per heavy atom. The molecule has 0 amide bonds. The first kappa shape index (κ1) is 18.6. The number of hydrogen-bond donors (Lipinski definition) is 1. The molecule has 0 spiro atoms. The summed E-state index contributed by atoms with van der Waals surface area (Å²) in [6.07, 6.45) is 1.06. The molecular weight excluding hydrogens is 284 g/mol. The lowest BCUT2D eigenvalue weighted by Crippen LogP contribution is -2.28. The summed E-state index contributed by atoms with van der Waals surface area (Å²) < 4.78 is 10.4. The van der Waals surface area contributed by atoms with Gasteiger partial charge in [-0.1, -0.05) is 6.92 Å². The first-order chi connectivity index (χ1) is 10.2. The van der Waals surface area contributed by atoms with E-state index in [-0.39, 0.29) is 0 Å². The molecule has 1 aromatic rings. The van der Waals surface area contributed by atoms with E-state index in [1.165, 1.54) is 15.3 Å². The van der Waals surface area contributed by atoms with Crippen molar-refractivity contribution in [1.82, 2.24) is 10.2 Å². The Kier molecular flexibility index (Phi) is 9.87. The van der Waals surface area contributed by atoms with Gasteiger partial charge in [0.15, 0.2) is 0 Å². The third-order valence-corrected chi connectivity index (χ3v) is 4.54. The lowest BCUT2D eigenvalue weighted by Gasteiger charge is -2.21. The van der Waals surface area contributed by atoms with E-state index in [9.17, 15) is 0 Å². The second kappa shape index (κ2) is 11.2. The van der Waals surface area contributed by atoms with Gasteiger partial charge in [0.25, 0.3) is 0 Å². The van der Waals surface area contributed by atoms with Crippen LogP contribution < -0.4 is 5.32 Å². The Balaban J connectivity index is 2.56. The number of methoxy groups -OCH3 is 2. The SMILES string of the molecule is CCNCc1cc(CN(CCCOC)CCOC)c(C)s1. The van der Waals surface area contributed by atoms with E-state index in [1.807, 2.05) is 11.3 Å². The molecule has 1 aromatic heterocycles. The van der Waals surface area contributed by atoms with E-state index in [4.69, 9.17) is 9.47 Å². The Hall–Kier alpha value is -0.460. The molecule has 4 nitrogen and oxygen atoms in total. The van der Waals surface area contributed by atoms with E-state index >= 15 is 0 Å². The molecule has 0 aromatic carbocycles. The molecule has 0 fully saturated rings. The standard InChI is InChI=1S/C16H30N2O2S/c1-5-17-12-16-11-15(14(2)21-16)13-18(8-10-20-4)7-6-9-19-3/h11,17H,5-10,12-13H2,1-4H3. The van der Waals surface area contributed by atoms with E-state index in [0.717, 1.165) is 52.4 Å². The Morgan fingerprint density at radius 2 is 1.95 bits per heavy atom. The van der Waals surface area contributed by atoms with E-state index in [1.54, 1.807) is 14.2 Å². The van der Waals surface area contributed by atoms with E-state index in [2.05, 4.69) is 30.1 Å². The van der Waals surface area contributed by atoms with Crippen molar-refractivity contribution in [2.24, 2.45) is 0 Å². The number of ether oxygens (including phenoxy) is 2. The van der Waals surface area contributed by atoms with Crippen LogP contribution in [0.5, 0.6) is 0 Å². The predicted octanol–water partition coefficient (Wildman–Crippen LogP) is 2.65. The molecular formula is C16H30N2O2S. The number of aryl methyl sites for hydroxylation is 1. The van der Waals surface area contributed by atoms with Crippen LogP contribution in [0.1, 0.15) is 28.7 Å². The van der Waals surface area contributed by atoms with Crippen molar-refractivity contribution in [1.29, 1.82) is 0 Å². The van der Waals surface area contributed by atoms with Crippen LogP contribution >= 0.6 is 11.3 Å². The van der Waals surface area contributed by atoms with Gasteiger partial charge in [0.05, 0.1) is 6.61 Å². The predicted molar refractivity (Wildman–Crippen MR) is 90.1 cm³/mol. The molecule has 122 valence electrons. The Labute approximate surface area is 133 Å². The first-order valence-electron chi connectivity index (χ1n) is 7.70. The third-order valence-electron chi connectivity index (χ3n) is 3.45. The average molecular weight is 314 g/mol. The van der Waals surface area contributed by atoms with Crippen molar-refractivity contribution >= 4 is 11.3 Å². The van der Waals surface area contributed by atoms with Gasteiger partial charge in [0, 0.05) is 56.8 Å². The molecule has 0 saturated carbocycles. The molecule has 21 heavy (non-hydrogen) atoms. The zero-order valence-corrected chi connectivity index (χ0v) is 14.7. The largest absolute Gasteiger partial charge is 0.385 e. The second-order valence-corrected chi connectivity index (χ2v) is 6.53. The molecule has 5 heteroatoms. The topological polar surface area (TPSA) is 33.7 Å². The molecule has 0 radical (unpaired) electrons. The van der Waals surface area contributed by atoms with Gasteiger partial charge >= 0.3 is 0 Å². The summed E-state index contributed by atoms with van der Waals surface area (Å²) in [5.74, 6) is 0. The van der Waals surface area contributed by atoms with Gasteiger partial charge in [-0.15, -0.1) is 11.3 Å². The van der Waals surface area contributed by atoms with Crippen molar-refractivity contribution in [2.75, 3.05) is 47.1 Å². The maximum absolute atomic E-state index is 5.22. The lowest BCUT2D eigenvalue weighted by atomic mass is 10.2. The van der Waals surface area contributed by atoms with Gasteiger partial charge in [-0.3, -0.25) is 4.90 Å². The number of nitrogens with one attached hydrogen (secondary N) is 1. The lowest BCUT2D eigenvalue weighted by molar-refractivity contribution is 0.129. The zero-order chi connectivity index (χ0) is 15.5. The smallest absolute Gasteiger partial charge is 0.0589 e. The van der Waals surface area contributed by atoms with Gasteiger partial charge in [-0.05, 0) is 31.5 Å². The molecule has 1 heterocycles. The monoisotopic (exact) mass is 314 g/mol. The third kappa shape index (κ3) is 7.38. The quantitative estimate of drug-likeness (QED) is 0.601. The maximum atomic E-state index is 5.22. The van der Waals surface area contributed by atoms with Crippen molar-refractivity contribution in [3.05, 3.63) is 21.4 Å². The molecule has 0 atom stereocenters. The summed E-state index contributed by atoms with van der Waals surface area (Å²) in [5, 5.41) is 3.39. The van der Waals surface area contributed by atoms with Crippen LogP contribution in [0.25, 0.3) is 0 Å². The minimum atomic E-state index is 0.778. The minimum Gasteiger partial charge on any atom is -0.385 e. The molecule has 0 aliphatic rings. The van der Waals surface area contributed by atoms with Crippen LogP contribution in [0.4, 0.5) is 0 Å². The summed E-state index contributed by atoms with van der Waals surface area (Å²) in [6, 6.07) is 2.35. The second-order valence-electron chi connectivity index (χ2n) is 5.19. The highest BCUT2D eigenvalue weighted by molar-refractivity contribution is 7.12. The van der Waals surface area contributed by atoms with Crippen LogP contribution in [-0.2, 0) is 22.6 Å². The molecule has 1 rings (SSSR count). The molecule has 0 aliphatic carbocycles. The summed E-state index contributed by atoms with van der Waals surface area (Å²) in [5.41, 5.74) is 1.45. The van der Waals surface area contributed by atoms with Crippen molar-refractivity contribution in [3.8, 4) is 0 Å². The van der Waals surface area contributed by atoms with E-state index < -0.39 is 0 Å². The minimum absolute atomic E-state index is 0.778. The summed E-state index contributed by atoms with van der Waals surface area (Å²) in [6.45, 7) is 11.0. The first-order valence-corrected chi connectivity index (χ1v) is 8.52. The summed E-state index contributed by atoms with van der Waals surface area (Å²) in [7, 11) is 3.52. The van der Waals surface area contributed by atoms with Gasteiger partial charge in [-0.25, -0.2) is 0 Å². The molecule has 0 aliphatic heterocycles. The number of thiophene rings is 1. The van der Waals surface area contributed by atoms with E-state index in [0.29, 0.717) is 0 Å². The number of nitrogens with zero attached hydrogens (tertiary/aromatic N) is 1. The van der Waals surface area contributed by atoms with Crippen LogP contribution in [0, 0.1) is 6.92 Å². The van der Waals surface area contributed by atoms with Gasteiger partial charge in [-0.2, -0.15) is 0 Å². The average Bonchev–Trinajstić information content (AvgIpc) is 2.82. The molecule has 0 saturated heterocycles. The van der Waals surface area contributed by atoms with Crippen molar-refractivity contribution in [2.45, 2.75) is 33.4 Å². The van der Waals surface area contributed by atoms with Gasteiger partial charge < -0.3 is 14.8 Å². The fraction of sp³-hybridized carbons (Fsp3) is 0.750. The number of rotatable bonds is 12.